The molecule has 1 amide bonds. The van der Waals surface area contributed by atoms with E-state index in [1.165, 1.54) is 19.3 Å². The Labute approximate surface area is 169 Å². The van der Waals surface area contributed by atoms with Gasteiger partial charge in [0.25, 0.3) is 0 Å². The Morgan fingerprint density at radius 3 is 2.68 bits per heavy atom. The normalized spacial score (nSPS) is 25.1. The van der Waals surface area contributed by atoms with Crippen molar-refractivity contribution in [2.45, 2.75) is 69.9 Å². The summed E-state index contributed by atoms with van der Waals surface area (Å²) >= 11 is 0. The van der Waals surface area contributed by atoms with Gasteiger partial charge in [-0.05, 0) is 38.5 Å². The summed E-state index contributed by atoms with van der Waals surface area (Å²) < 4.78 is 11.3. The highest BCUT2D eigenvalue weighted by molar-refractivity contribution is 5.81. The minimum absolute atomic E-state index is 0.265. The van der Waals surface area contributed by atoms with E-state index in [4.69, 9.17) is 9.47 Å². The number of carbonyl (C=O) groups excluding carboxylic acids is 1. The smallest absolute Gasteiger partial charge is 0.225 e. The number of guanidine groups is 1. The average Bonchev–Trinajstić information content (AvgIpc) is 3.22. The van der Waals surface area contributed by atoms with Crippen molar-refractivity contribution in [3.8, 4) is 0 Å². The summed E-state index contributed by atoms with van der Waals surface area (Å²) in [5.74, 6) is 1.46. The van der Waals surface area contributed by atoms with Gasteiger partial charge >= 0.3 is 0 Å². The molecule has 3 aliphatic rings. The molecule has 7 heteroatoms. The summed E-state index contributed by atoms with van der Waals surface area (Å²) in [6, 6.07) is 0.289. The number of carbonyl (C=O) groups is 1. The van der Waals surface area contributed by atoms with Crippen molar-refractivity contribution in [3.05, 3.63) is 0 Å². The summed E-state index contributed by atoms with van der Waals surface area (Å²) in [6.07, 6.45) is 10.2. The van der Waals surface area contributed by atoms with Gasteiger partial charge < -0.3 is 25.0 Å². The van der Waals surface area contributed by atoms with Crippen LogP contribution in [0.15, 0.2) is 4.99 Å². The molecule has 1 atom stereocenters. The number of hydrogen-bond acceptors (Lipinski definition) is 4. The molecule has 2 heterocycles. The van der Waals surface area contributed by atoms with E-state index < -0.39 is 0 Å². The van der Waals surface area contributed by atoms with Crippen LogP contribution in [0.1, 0.15) is 57.8 Å². The first-order valence-corrected chi connectivity index (χ1v) is 11.2. The van der Waals surface area contributed by atoms with Gasteiger partial charge in [-0.3, -0.25) is 9.79 Å². The fourth-order valence-corrected chi connectivity index (χ4v) is 4.45. The maximum Gasteiger partial charge on any atom is 0.225 e. The van der Waals surface area contributed by atoms with Crippen LogP contribution in [0, 0.1) is 5.92 Å². The lowest BCUT2D eigenvalue weighted by molar-refractivity contribution is -0.135. The molecule has 1 unspecified atom stereocenters. The molecule has 2 aliphatic heterocycles. The topological polar surface area (TPSA) is 75.2 Å². The molecule has 0 bridgehead atoms. The second-order valence-electron chi connectivity index (χ2n) is 8.28. The van der Waals surface area contributed by atoms with Crippen molar-refractivity contribution >= 4 is 11.9 Å². The Kier molecular flexibility index (Phi) is 8.86. The number of ether oxygens (including phenoxy) is 2. The fraction of sp³-hybridized carbons (Fsp3) is 0.905. The molecule has 0 spiro atoms. The molecule has 0 radical (unpaired) electrons. The molecule has 7 nitrogen and oxygen atoms in total. The van der Waals surface area contributed by atoms with Crippen LogP contribution in [-0.4, -0.2) is 75.4 Å². The van der Waals surface area contributed by atoms with Crippen LogP contribution in [0.5, 0.6) is 0 Å². The zero-order chi connectivity index (χ0) is 19.6. The standard InChI is InChI=1S/C21H38N4O3/c1-22-21(23-11-5-13-28-19-9-14-27-15-10-19)24-18-8-12-25(16-18)20(26)17-6-3-2-4-7-17/h17-19H,2-16H2,1H3,(H2,22,23,24). The molecule has 3 rings (SSSR count). The molecular formula is C21H38N4O3. The minimum Gasteiger partial charge on any atom is -0.381 e. The largest absolute Gasteiger partial charge is 0.381 e. The highest BCUT2D eigenvalue weighted by Crippen LogP contribution is 2.26. The molecule has 0 aromatic heterocycles. The van der Waals surface area contributed by atoms with E-state index in [2.05, 4.69) is 20.5 Å². The molecular weight excluding hydrogens is 356 g/mol. The monoisotopic (exact) mass is 394 g/mol. The summed E-state index contributed by atoms with van der Waals surface area (Å²) in [5.41, 5.74) is 0. The van der Waals surface area contributed by atoms with Crippen molar-refractivity contribution in [1.29, 1.82) is 0 Å². The van der Waals surface area contributed by atoms with Gasteiger partial charge in [0, 0.05) is 58.5 Å². The van der Waals surface area contributed by atoms with Crippen molar-refractivity contribution in [3.63, 3.8) is 0 Å². The molecule has 0 aromatic carbocycles. The summed E-state index contributed by atoms with van der Waals surface area (Å²) in [5, 5.41) is 6.85. The molecule has 1 aliphatic carbocycles. The third-order valence-electron chi connectivity index (χ3n) is 6.15. The van der Waals surface area contributed by atoms with E-state index in [1.54, 1.807) is 7.05 Å². The Morgan fingerprint density at radius 2 is 1.93 bits per heavy atom. The predicted octanol–water partition coefficient (Wildman–Crippen LogP) is 1.92. The second-order valence-corrected chi connectivity index (χ2v) is 8.28. The summed E-state index contributed by atoms with van der Waals surface area (Å²) in [7, 11) is 1.80. The fourth-order valence-electron chi connectivity index (χ4n) is 4.45. The van der Waals surface area contributed by atoms with E-state index in [0.717, 1.165) is 83.9 Å². The van der Waals surface area contributed by atoms with Crippen molar-refractivity contribution in [2.24, 2.45) is 10.9 Å². The van der Waals surface area contributed by atoms with Crippen LogP contribution in [0.3, 0.4) is 0 Å². The van der Waals surface area contributed by atoms with Crippen molar-refractivity contribution in [2.75, 3.05) is 46.5 Å². The van der Waals surface area contributed by atoms with E-state index in [1.807, 2.05) is 0 Å². The van der Waals surface area contributed by atoms with Gasteiger partial charge in [0.2, 0.25) is 5.91 Å². The Bertz CT molecular complexity index is 502. The highest BCUT2D eigenvalue weighted by Gasteiger charge is 2.31. The molecule has 28 heavy (non-hydrogen) atoms. The number of hydrogen-bond donors (Lipinski definition) is 2. The van der Waals surface area contributed by atoms with Crippen molar-refractivity contribution in [1.82, 2.24) is 15.5 Å². The van der Waals surface area contributed by atoms with Gasteiger partial charge in [-0.1, -0.05) is 19.3 Å². The van der Waals surface area contributed by atoms with Gasteiger partial charge in [-0.25, -0.2) is 0 Å². The second kappa shape index (κ2) is 11.6. The molecule has 2 saturated heterocycles. The lowest BCUT2D eigenvalue weighted by atomic mass is 9.88. The zero-order valence-electron chi connectivity index (χ0n) is 17.5. The lowest BCUT2D eigenvalue weighted by Gasteiger charge is -2.26. The first kappa shape index (κ1) is 21.4. The molecule has 1 saturated carbocycles. The van der Waals surface area contributed by atoms with Crippen molar-refractivity contribution < 1.29 is 14.3 Å². The van der Waals surface area contributed by atoms with Crippen LogP contribution in [-0.2, 0) is 14.3 Å². The third-order valence-corrected chi connectivity index (χ3v) is 6.15. The van der Waals surface area contributed by atoms with Crippen LogP contribution in [0.25, 0.3) is 0 Å². The lowest BCUT2D eigenvalue weighted by Crippen LogP contribution is -2.46. The Morgan fingerprint density at radius 1 is 1.14 bits per heavy atom. The zero-order valence-corrected chi connectivity index (χ0v) is 17.5. The minimum atomic E-state index is 0.265. The highest BCUT2D eigenvalue weighted by atomic mass is 16.5. The number of rotatable bonds is 7. The molecule has 2 N–H and O–H groups in total. The van der Waals surface area contributed by atoms with Crippen LogP contribution >= 0.6 is 0 Å². The van der Waals surface area contributed by atoms with E-state index in [-0.39, 0.29) is 12.0 Å². The maximum absolute atomic E-state index is 12.7. The number of likely N-dealkylation sites (tertiary alicyclic amines) is 1. The van der Waals surface area contributed by atoms with Gasteiger partial charge in [-0.2, -0.15) is 0 Å². The van der Waals surface area contributed by atoms with E-state index in [9.17, 15) is 4.79 Å². The first-order valence-electron chi connectivity index (χ1n) is 11.2. The first-order chi connectivity index (χ1) is 13.8. The molecule has 0 aromatic rings. The maximum atomic E-state index is 12.7. The van der Waals surface area contributed by atoms with E-state index >= 15 is 0 Å². The van der Waals surface area contributed by atoms with E-state index in [0.29, 0.717) is 12.0 Å². The molecule has 3 fully saturated rings. The third kappa shape index (κ3) is 6.62. The average molecular weight is 395 g/mol. The molecule has 160 valence electrons. The SMILES string of the molecule is CN=C(NCCCOC1CCOCC1)NC1CCN(C(=O)C2CCCCC2)C1. The number of nitrogens with zero attached hydrogens (tertiary/aromatic N) is 2. The Balaban J connectivity index is 1.29. The van der Waals surface area contributed by atoms with Crippen LogP contribution in [0.2, 0.25) is 0 Å². The number of amides is 1. The van der Waals surface area contributed by atoms with Gasteiger partial charge in [0.15, 0.2) is 5.96 Å². The number of nitrogens with one attached hydrogen (secondary N) is 2. The summed E-state index contributed by atoms with van der Waals surface area (Å²) in [4.78, 5) is 19.1. The van der Waals surface area contributed by atoms with Crippen LogP contribution in [0.4, 0.5) is 0 Å². The quantitative estimate of drug-likeness (QED) is 0.392. The Hall–Kier alpha value is -1.34. The predicted molar refractivity (Wildman–Crippen MR) is 110 cm³/mol. The van der Waals surface area contributed by atoms with Gasteiger partial charge in [0.05, 0.1) is 6.10 Å². The van der Waals surface area contributed by atoms with Gasteiger partial charge in [0.1, 0.15) is 0 Å². The summed E-state index contributed by atoms with van der Waals surface area (Å²) in [6.45, 7) is 4.90. The number of aliphatic imine (C=N–C) groups is 1. The van der Waals surface area contributed by atoms with Gasteiger partial charge in [-0.15, -0.1) is 0 Å². The van der Waals surface area contributed by atoms with Crippen LogP contribution < -0.4 is 10.6 Å².